The van der Waals surface area contributed by atoms with Crippen LogP contribution >= 0.6 is 0 Å². The van der Waals surface area contributed by atoms with Crippen molar-refractivity contribution in [3.8, 4) is 0 Å². The van der Waals surface area contributed by atoms with E-state index >= 15 is 0 Å². The minimum Gasteiger partial charge on any atom is -1.00 e. The molecule has 0 heterocycles. The lowest BCUT2D eigenvalue weighted by atomic mass is 10.4. The van der Waals surface area contributed by atoms with Crippen molar-refractivity contribution in [3.05, 3.63) is 0 Å². The average molecular weight is 350 g/mol. The Morgan fingerprint density at radius 1 is 0.667 bits per heavy atom. The van der Waals surface area contributed by atoms with E-state index in [2.05, 4.69) is 56.1 Å². The maximum Gasteiger partial charge on any atom is 0.0777 e. The van der Waals surface area contributed by atoms with E-state index in [1.54, 1.807) is 0 Å². The standard InChI is InChI=1S/C6H16N.C5H14N.2BrH/c1-5-6-7(2,3)4;1-5-6(2,3)4;;/h5-6H2,1-4H3;5H2,1-4H3;2*1H/q2*+1;;/p-2. The Kier molecular flexibility index (Phi) is 18.9. The maximum absolute atomic E-state index is 2.21. The molecule has 0 N–H and O–H groups in total. The van der Waals surface area contributed by atoms with E-state index in [4.69, 9.17) is 0 Å². The highest BCUT2D eigenvalue weighted by molar-refractivity contribution is 4.20. The van der Waals surface area contributed by atoms with Gasteiger partial charge in [0, 0.05) is 0 Å². The van der Waals surface area contributed by atoms with Crippen LogP contribution in [-0.2, 0) is 0 Å². The highest BCUT2D eigenvalue weighted by atomic mass is 79.9. The molecule has 0 rings (SSSR count). The molecule has 0 amide bonds. The third-order valence-electron chi connectivity index (χ3n) is 1.84. The molecule has 0 atom stereocenters. The molecule has 0 saturated carbocycles. The van der Waals surface area contributed by atoms with Crippen LogP contribution in [-0.4, -0.2) is 64.3 Å². The largest absolute Gasteiger partial charge is 1.00 e. The molecule has 4 heteroatoms. The van der Waals surface area contributed by atoms with Crippen LogP contribution in [0, 0.1) is 0 Å². The van der Waals surface area contributed by atoms with Crippen molar-refractivity contribution in [1.29, 1.82) is 0 Å². The van der Waals surface area contributed by atoms with Gasteiger partial charge in [0.15, 0.2) is 0 Å². The Balaban J connectivity index is -0.0000000718. The summed E-state index contributed by atoms with van der Waals surface area (Å²) in [6.07, 6.45) is 1.28. The predicted octanol–water partition coefficient (Wildman–Crippen LogP) is -4.18. The molecule has 0 saturated heterocycles. The molecule has 0 aromatic rings. The van der Waals surface area contributed by atoms with Crippen LogP contribution in [0.15, 0.2) is 0 Å². The van der Waals surface area contributed by atoms with Crippen LogP contribution in [0.1, 0.15) is 20.3 Å². The van der Waals surface area contributed by atoms with Crippen LogP contribution in [0.4, 0.5) is 0 Å². The summed E-state index contributed by atoms with van der Waals surface area (Å²) in [5.74, 6) is 0. The first-order chi connectivity index (χ1) is 5.62. The van der Waals surface area contributed by atoms with Gasteiger partial charge < -0.3 is 42.9 Å². The number of nitrogens with zero attached hydrogens (tertiary/aromatic N) is 2. The van der Waals surface area contributed by atoms with Crippen LogP contribution in [0.3, 0.4) is 0 Å². The van der Waals surface area contributed by atoms with Crippen LogP contribution in [0.2, 0.25) is 0 Å². The molecular weight excluding hydrogens is 320 g/mol. The molecule has 98 valence electrons. The van der Waals surface area contributed by atoms with Gasteiger partial charge in [-0.05, 0) is 13.3 Å². The van der Waals surface area contributed by atoms with Gasteiger partial charge in [0.25, 0.3) is 0 Å². The first kappa shape index (κ1) is 24.9. The van der Waals surface area contributed by atoms with E-state index in [-0.39, 0.29) is 34.0 Å². The predicted molar refractivity (Wildman–Crippen MR) is 61.8 cm³/mol. The molecule has 0 aliphatic heterocycles. The van der Waals surface area contributed by atoms with Gasteiger partial charge in [-0.15, -0.1) is 0 Å². The second-order valence-corrected chi connectivity index (χ2v) is 5.62. The van der Waals surface area contributed by atoms with Crippen molar-refractivity contribution >= 4 is 0 Å². The summed E-state index contributed by atoms with van der Waals surface area (Å²) in [6, 6.07) is 0. The van der Waals surface area contributed by atoms with Gasteiger partial charge in [-0.2, -0.15) is 0 Å². The second kappa shape index (κ2) is 11.4. The molecule has 0 spiro atoms. The van der Waals surface area contributed by atoms with Crippen molar-refractivity contribution in [2.24, 2.45) is 0 Å². The van der Waals surface area contributed by atoms with Gasteiger partial charge in [0.05, 0.1) is 55.4 Å². The lowest BCUT2D eigenvalue weighted by molar-refractivity contribution is -0.870. The quantitative estimate of drug-likeness (QED) is 0.454. The minimum atomic E-state index is 0. The molecule has 0 aromatic heterocycles. The zero-order valence-corrected chi connectivity index (χ0v) is 14.9. The average Bonchev–Trinajstić information content (AvgIpc) is 1.84. The van der Waals surface area contributed by atoms with E-state index in [0.29, 0.717) is 0 Å². The van der Waals surface area contributed by atoms with Crippen LogP contribution in [0.25, 0.3) is 0 Å². The SMILES string of the molecule is CCC[N+](C)(C)C.CC[N+](C)(C)C.[Br-].[Br-]. The Hall–Kier alpha value is 0.880. The molecule has 2 nitrogen and oxygen atoms in total. The van der Waals surface area contributed by atoms with E-state index in [9.17, 15) is 0 Å². The van der Waals surface area contributed by atoms with Crippen molar-refractivity contribution in [2.45, 2.75) is 20.3 Å². The summed E-state index contributed by atoms with van der Waals surface area (Å²) in [5, 5.41) is 0. The fourth-order valence-electron chi connectivity index (χ4n) is 0.671. The van der Waals surface area contributed by atoms with Gasteiger partial charge in [0.2, 0.25) is 0 Å². The lowest BCUT2D eigenvalue weighted by Crippen LogP contribution is -3.00. The molecule has 0 aliphatic carbocycles. The van der Waals surface area contributed by atoms with E-state index in [0.717, 1.165) is 8.97 Å². The number of rotatable bonds is 3. The van der Waals surface area contributed by atoms with Gasteiger partial charge in [-0.25, -0.2) is 0 Å². The molecule has 0 fully saturated rings. The molecule has 0 radical (unpaired) electrons. The Morgan fingerprint density at radius 3 is 0.933 bits per heavy atom. The van der Waals surface area contributed by atoms with Gasteiger partial charge in [0.1, 0.15) is 0 Å². The molecule has 0 aliphatic rings. The summed E-state index contributed by atoms with van der Waals surface area (Å²) in [7, 11) is 13.2. The highest BCUT2D eigenvalue weighted by Crippen LogP contribution is 1.90. The fourth-order valence-corrected chi connectivity index (χ4v) is 0.671. The van der Waals surface area contributed by atoms with Crippen LogP contribution < -0.4 is 34.0 Å². The van der Waals surface area contributed by atoms with Crippen molar-refractivity contribution in [2.75, 3.05) is 55.4 Å². The summed E-state index contributed by atoms with van der Waals surface area (Å²) >= 11 is 0. The normalized spacial score (nSPS) is 10.4. The van der Waals surface area contributed by atoms with Crippen LogP contribution in [0.5, 0.6) is 0 Å². The number of hydrogen-bond donors (Lipinski definition) is 0. The van der Waals surface area contributed by atoms with E-state index in [1.807, 2.05) is 0 Å². The Morgan fingerprint density at radius 2 is 0.933 bits per heavy atom. The maximum atomic E-state index is 2.21. The van der Waals surface area contributed by atoms with Crippen molar-refractivity contribution < 1.29 is 42.9 Å². The van der Waals surface area contributed by atoms with Gasteiger partial charge in [-0.3, -0.25) is 0 Å². The van der Waals surface area contributed by atoms with Crippen molar-refractivity contribution in [1.82, 2.24) is 0 Å². The Bertz CT molecular complexity index is 115. The molecule has 0 aromatic carbocycles. The molecule has 15 heavy (non-hydrogen) atoms. The summed E-state index contributed by atoms with van der Waals surface area (Å²) in [6.45, 7) is 6.88. The third-order valence-corrected chi connectivity index (χ3v) is 1.84. The second-order valence-electron chi connectivity index (χ2n) is 5.62. The third kappa shape index (κ3) is 39.8. The highest BCUT2D eigenvalue weighted by Gasteiger charge is 2.01. The summed E-state index contributed by atoms with van der Waals surface area (Å²) in [5.41, 5.74) is 0. The molecule has 0 unspecified atom stereocenters. The number of quaternary nitrogens is 2. The smallest absolute Gasteiger partial charge is 0.0777 e. The monoisotopic (exact) mass is 348 g/mol. The zero-order valence-electron chi connectivity index (χ0n) is 11.8. The Labute approximate surface area is 118 Å². The van der Waals surface area contributed by atoms with Crippen molar-refractivity contribution in [3.63, 3.8) is 0 Å². The van der Waals surface area contributed by atoms with E-state index < -0.39 is 0 Å². The van der Waals surface area contributed by atoms with Gasteiger partial charge >= 0.3 is 0 Å². The summed E-state index contributed by atoms with van der Waals surface area (Å²) in [4.78, 5) is 0. The lowest BCUT2D eigenvalue weighted by Gasteiger charge is -2.22. The molecule has 0 bridgehead atoms. The number of hydrogen-bond acceptors (Lipinski definition) is 0. The number of halogens is 2. The first-order valence-electron chi connectivity index (χ1n) is 5.23. The summed E-state index contributed by atoms with van der Waals surface area (Å²) < 4.78 is 2.16. The minimum absolute atomic E-state index is 0. The first-order valence-corrected chi connectivity index (χ1v) is 5.23. The zero-order chi connectivity index (χ0) is 11.1. The van der Waals surface area contributed by atoms with E-state index in [1.165, 1.54) is 19.5 Å². The van der Waals surface area contributed by atoms with Gasteiger partial charge in [-0.1, -0.05) is 6.92 Å². The topological polar surface area (TPSA) is 0 Å². The molecular formula is C11H30Br2N2. The fraction of sp³-hybridized carbons (Fsp3) is 1.00.